The average Bonchev–Trinajstić information content (AvgIpc) is 3.26. The molecule has 33 heavy (non-hydrogen) atoms. The number of pyridine rings is 1. The highest BCUT2D eigenvalue weighted by molar-refractivity contribution is 5.94. The molecule has 6 nitrogen and oxygen atoms in total. The van der Waals surface area contributed by atoms with Crippen LogP contribution in [0.25, 0.3) is 11.0 Å². The summed E-state index contributed by atoms with van der Waals surface area (Å²) in [4.78, 5) is 19.4. The summed E-state index contributed by atoms with van der Waals surface area (Å²) in [6, 6.07) is 16.0. The van der Waals surface area contributed by atoms with E-state index in [-0.39, 0.29) is 23.5 Å². The minimum atomic E-state index is -0.355. The van der Waals surface area contributed by atoms with E-state index < -0.39 is 0 Å². The molecule has 2 N–H and O–H groups in total. The number of nitrogens with zero attached hydrogens (tertiary/aromatic N) is 3. The quantitative estimate of drug-likeness (QED) is 0.458. The zero-order valence-electron chi connectivity index (χ0n) is 17.9. The fraction of sp³-hybridized carbons (Fsp3) is 0.240. The number of amides is 1. The second-order valence-electron chi connectivity index (χ2n) is 8.28. The molecule has 1 saturated heterocycles. The fourth-order valence-corrected chi connectivity index (χ4v) is 4.25. The number of piperidine rings is 1. The normalized spacial score (nSPS) is 16.2. The lowest BCUT2D eigenvalue weighted by Crippen LogP contribution is -2.39. The molecular weight excluding hydrogens is 424 g/mol. The molecule has 0 aliphatic carbocycles. The van der Waals surface area contributed by atoms with Crippen molar-refractivity contribution in [3.8, 4) is 0 Å². The molecule has 1 atom stereocenters. The summed E-state index contributed by atoms with van der Waals surface area (Å²) in [7, 11) is 0. The summed E-state index contributed by atoms with van der Waals surface area (Å²) >= 11 is 0. The topological polar surface area (TPSA) is 73.9 Å². The van der Waals surface area contributed by atoms with Crippen molar-refractivity contribution in [2.24, 2.45) is 0 Å². The number of H-pyrrole nitrogens is 1. The lowest BCUT2D eigenvalue weighted by Gasteiger charge is -2.32. The maximum Gasteiger partial charge on any atom is 0.253 e. The van der Waals surface area contributed by atoms with Gasteiger partial charge < -0.3 is 10.2 Å². The third-order valence-corrected chi connectivity index (χ3v) is 6.04. The molecule has 0 radical (unpaired) electrons. The van der Waals surface area contributed by atoms with Gasteiger partial charge in [-0.15, -0.1) is 0 Å². The molecule has 0 saturated carbocycles. The number of carbonyl (C=O) groups is 1. The molecule has 1 aliphatic heterocycles. The molecule has 168 valence electrons. The molecule has 2 aromatic carbocycles. The van der Waals surface area contributed by atoms with Crippen molar-refractivity contribution in [3.63, 3.8) is 0 Å². The number of aromatic amines is 1. The number of nitrogens with one attached hydrogen (secondary N) is 2. The monoisotopic (exact) mass is 447 g/mol. The number of anilines is 1. The highest BCUT2D eigenvalue weighted by Crippen LogP contribution is 2.29. The molecule has 0 bridgehead atoms. The van der Waals surface area contributed by atoms with Crippen molar-refractivity contribution in [2.75, 3.05) is 18.4 Å². The third kappa shape index (κ3) is 4.55. The molecule has 1 amide bonds. The number of benzene rings is 2. The Balaban J connectivity index is 1.29. The first-order chi connectivity index (χ1) is 16.1. The summed E-state index contributed by atoms with van der Waals surface area (Å²) in [6.07, 6.45) is 1.82. The second kappa shape index (κ2) is 8.97. The number of rotatable bonds is 5. The second-order valence-corrected chi connectivity index (χ2v) is 8.28. The van der Waals surface area contributed by atoms with Gasteiger partial charge in [-0.1, -0.05) is 12.1 Å². The van der Waals surface area contributed by atoms with Crippen LogP contribution >= 0.6 is 0 Å². The van der Waals surface area contributed by atoms with Crippen molar-refractivity contribution >= 4 is 22.8 Å². The van der Waals surface area contributed by atoms with Crippen molar-refractivity contribution in [1.82, 2.24) is 20.1 Å². The molecule has 0 spiro atoms. The number of carbonyl (C=O) groups excluding carboxylic acids is 1. The van der Waals surface area contributed by atoms with E-state index in [1.54, 1.807) is 12.1 Å². The van der Waals surface area contributed by atoms with Gasteiger partial charge in [-0.2, -0.15) is 5.10 Å². The van der Waals surface area contributed by atoms with Crippen LogP contribution in [0.2, 0.25) is 0 Å². The first-order valence-corrected chi connectivity index (χ1v) is 10.9. The number of hydrogen-bond acceptors (Lipinski definition) is 4. The van der Waals surface area contributed by atoms with E-state index in [2.05, 4.69) is 15.5 Å². The highest BCUT2D eigenvalue weighted by atomic mass is 19.1. The number of likely N-dealkylation sites (tertiary alicyclic amines) is 1. The third-order valence-electron chi connectivity index (χ3n) is 6.04. The summed E-state index contributed by atoms with van der Waals surface area (Å²) in [5.74, 6) is 0.0965. The Labute approximate surface area is 189 Å². The number of halogens is 2. The Hall–Kier alpha value is -3.81. The van der Waals surface area contributed by atoms with Crippen molar-refractivity contribution in [1.29, 1.82) is 0 Å². The van der Waals surface area contributed by atoms with E-state index in [1.807, 2.05) is 17.0 Å². The van der Waals surface area contributed by atoms with E-state index >= 15 is 0 Å². The van der Waals surface area contributed by atoms with E-state index in [4.69, 9.17) is 4.98 Å². The summed E-state index contributed by atoms with van der Waals surface area (Å²) in [5.41, 5.74) is 3.03. The SMILES string of the molecule is O=C(c1ccc(F)cc1)N1CCC[C@@H](c2ccc3c(NCc4ccc(F)cc4)n[nH]c3n2)C1. The molecule has 4 aromatic rings. The summed E-state index contributed by atoms with van der Waals surface area (Å²) in [5, 5.41) is 11.4. The van der Waals surface area contributed by atoms with Gasteiger partial charge in [0.05, 0.1) is 5.39 Å². The summed E-state index contributed by atoms with van der Waals surface area (Å²) < 4.78 is 26.3. The fourth-order valence-electron chi connectivity index (χ4n) is 4.25. The number of aromatic nitrogens is 3. The predicted octanol–water partition coefficient (Wildman–Crippen LogP) is 4.87. The van der Waals surface area contributed by atoms with Gasteiger partial charge in [0, 0.05) is 36.8 Å². The van der Waals surface area contributed by atoms with Crippen LogP contribution in [0.4, 0.5) is 14.6 Å². The maximum absolute atomic E-state index is 13.2. The predicted molar refractivity (Wildman–Crippen MR) is 122 cm³/mol. The maximum atomic E-state index is 13.2. The van der Waals surface area contributed by atoms with E-state index in [9.17, 15) is 13.6 Å². The number of fused-ring (bicyclic) bond motifs is 1. The van der Waals surface area contributed by atoms with E-state index in [1.165, 1.54) is 36.4 Å². The molecule has 8 heteroatoms. The lowest BCUT2D eigenvalue weighted by atomic mass is 9.93. The van der Waals surface area contributed by atoms with Crippen molar-refractivity contribution in [3.05, 3.63) is 89.1 Å². The van der Waals surface area contributed by atoms with Crippen LogP contribution in [-0.2, 0) is 6.54 Å². The Morgan fingerprint density at radius 1 is 1.03 bits per heavy atom. The largest absolute Gasteiger partial charge is 0.364 e. The molecule has 1 aliphatic rings. The molecule has 5 rings (SSSR count). The average molecular weight is 447 g/mol. The minimum Gasteiger partial charge on any atom is -0.364 e. The van der Waals surface area contributed by atoms with E-state index in [0.29, 0.717) is 36.7 Å². The van der Waals surface area contributed by atoms with Crippen LogP contribution in [0.3, 0.4) is 0 Å². The Bertz CT molecular complexity index is 1270. The van der Waals surface area contributed by atoms with Gasteiger partial charge in [-0.3, -0.25) is 9.89 Å². The van der Waals surface area contributed by atoms with Crippen LogP contribution in [0, 0.1) is 11.6 Å². The Morgan fingerprint density at radius 2 is 1.76 bits per heavy atom. The van der Waals surface area contributed by atoms with Gasteiger partial charge in [0.15, 0.2) is 11.5 Å². The van der Waals surface area contributed by atoms with Crippen molar-refractivity contribution < 1.29 is 13.6 Å². The van der Waals surface area contributed by atoms with Crippen LogP contribution < -0.4 is 5.32 Å². The van der Waals surface area contributed by atoms with Crippen LogP contribution in [0.5, 0.6) is 0 Å². The Kier molecular flexibility index (Phi) is 5.73. The summed E-state index contributed by atoms with van der Waals surface area (Å²) in [6.45, 7) is 1.76. The zero-order chi connectivity index (χ0) is 22.8. The standard InChI is InChI=1S/C25H23F2N5O/c26-19-7-3-16(4-8-19)14-28-23-21-11-12-22(29-24(21)31-30-23)18-2-1-13-32(15-18)25(33)17-5-9-20(27)10-6-17/h3-12,18H,1-2,13-15H2,(H2,28,29,30,31)/t18-/m1/s1. The highest BCUT2D eigenvalue weighted by Gasteiger charge is 2.26. The molecule has 1 fully saturated rings. The van der Waals surface area contributed by atoms with Crippen LogP contribution in [0.1, 0.15) is 40.4 Å². The van der Waals surface area contributed by atoms with Gasteiger partial charge in [0.2, 0.25) is 0 Å². The zero-order valence-corrected chi connectivity index (χ0v) is 17.9. The van der Waals surface area contributed by atoms with Gasteiger partial charge in [-0.25, -0.2) is 13.8 Å². The Morgan fingerprint density at radius 3 is 2.52 bits per heavy atom. The van der Waals surface area contributed by atoms with Gasteiger partial charge in [0.1, 0.15) is 11.6 Å². The first-order valence-electron chi connectivity index (χ1n) is 10.9. The number of hydrogen-bond donors (Lipinski definition) is 2. The van der Waals surface area contributed by atoms with Crippen molar-refractivity contribution in [2.45, 2.75) is 25.3 Å². The van der Waals surface area contributed by atoms with E-state index in [0.717, 1.165) is 29.5 Å². The van der Waals surface area contributed by atoms with Gasteiger partial charge in [0.25, 0.3) is 5.91 Å². The molecular formula is C25H23F2N5O. The molecule has 2 aromatic heterocycles. The lowest BCUT2D eigenvalue weighted by molar-refractivity contribution is 0.0706. The molecule has 0 unspecified atom stereocenters. The van der Waals surface area contributed by atoms with Crippen LogP contribution in [-0.4, -0.2) is 39.1 Å². The molecule has 3 heterocycles. The first kappa shape index (κ1) is 21.1. The minimum absolute atomic E-state index is 0.0883. The van der Waals surface area contributed by atoms with Gasteiger partial charge in [-0.05, 0) is 66.9 Å². The smallest absolute Gasteiger partial charge is 0.253 e. The van der Waals surface area contributed by atoms with Gasteiger partial charge >= 0.3 is 0 Å². The van der Waals surface area contributed by atoms with Crippen LogP contribution in [0.15, 0.2) is 60.7 Å².